The lowest BCUT2D eigenvalue weighted by Crippen LogP contribution is -2.36. The fourth-order valence-electron chi connectivity index (χ4n) is 2.70. The molecule has 1 atom stereocenters. The number of fused-ring (bicyclic) bond motifs is 1. The van der Waals surface area contributed by atoms with Gasteiger partial charge in [-0.25, -0.2) is 12.8 Å². The number of aromatic amines is 1. The number of hydrogen-bond donors (Lipinski definition) is 2. The minimum atomic E-state index is -3.04. The van der Waals surface area contributed by atoms with E-state index in [2.05, 4.69) is 10.3 Å². The lowest BCUT2D eigenvalue weighted by atomic mass is 10.1. The molecule has 3 rings (SSSR count). The maximum atomic E-state index is 13.2. The average Bonchev–Trinajstić information content (AvgIpc) is 2.90. The molecule has 7 heteroatoms. The first-order valence-electron chi connectivity index (χ1n) is 6.65. The van der Waals surface area contributed by atoms with Gasteiger partial charge in [0, 0.05) is 16.9 Å². The Hall–Kier alpha value is -1.89. The predicted molar refractivity (Wildman–Crippen MR) is 77.5 cm³/mol. The first-order valence-corrected chi connectivity index (χ1v) is 8.47. The Kier molecular flexibility index (Phi) is 3.24. The molecular formula is C14H15FN2O3S. The Bertz CT molecular complexity index is 826. The molecule has 112 valence electrons. The zero-order valence-corrected chi connectivity index (χ0v) is 12.3. The van der Waals surface area contributed by atoms with E-state index in [4.69, 9.17) is 0 Å². The van der Waals surface area contributed by atoms with Gasteiger partial charge in [-0.3, -0.25) is 4.79 Å². The monoisotopic (exact) mass is 310 g/mol. The van der Waals surface area contributed by atoms with Crippen LogP contribution in [-0.4, -0.2) is 36.9 Å². The Labute approximate surface area is 121 Å². The fraction of sp³-hybridized carbons (Fsp3) is 0.357. The van der Waals surface area contributed by atoms with Gasteiger partial charge >= 0.3 is 0 Å². The van der Waals surface area contributed by atoms with Gasteiger partial charge in [0.05, 0.1) is 11.5 Å². The van der Waals surface area contributed by atoms with E-state index in [1.54, 1.807) is 13.0 Å². The number of benzene rings is 1. The standard InChI is InChI=1S/C14H15FN2O3S/c1-8-11-3-2-9(15)6-12(11)17-13(8)14(18)16-10-4-5-21(19,20)7-10/h2-3,6,10,17H,4-5,7H2,1H3,(H,16,18). The van der Waals surface area contributed by atoms with E-state index >= 15 is 0 Å². The molecule has 0 saturated carbocycles. The number of halogens is 1. The summed E-state index contributed by atoms with van der Waals surface area (Å²) in [5.74, 6) is -0.648. The molecular weight excluding hydrogens is 295 g/mol. The summed E-state index contributed by atoms with van der Waals surface area (Å²) in [5.41, 5.74) is 1.62. The van der Waals surface area contributed by atoms with Gasteiger partial charge in [0.25, 0.3) is 5.91 Å². The van der Waals surface area contributed by atoms with Crippen molar-refractivity contribution in [3.05, 3.63) is 35.3 Å². The number of amides is 1. The van der Waals surface area contributed by atoms with Gasteiger partial charge < -0.3 is 10.3 Å². The highest BCUT2D eigenvalue weighted by Gasteiger charge is 2.29. The maximum absolute atomic E-state index is 13.2. The molecule has 1 aromatic heterocycles. The summed E-state index contributed by atoms with van der Waals surface area (Å²) in [7, 11) is -3.04. The molecule has 0 spiro atoms. The van der Waals surface area contributed by atoms with E-state index in [-0.39, 0.29) is 29.3 Å². The molecule has 0 aliphatic carbocycles. The number of aromatic nitrogens is 1. The van der Waals surface area contributed by atoms with Crippen molar-refractivity contribution in [2.24, 2.45) is 0 Å². The SMILES string of the molecule is Cc1c(C(=O)NC2CCS(=O)(=O)C2)[nH]c2cc(F)ccc12. The molecule has 1 fully saturated rings. The number of rotatable bonds is 2. The van der Waals surface area contributed by atoms with E-state index in [1.165, 1.54) is 12.1 Å². The van der Waals surface area contributed by atoms with E-state index in [1.807, 2.05) is 0 Å². The summed E-state index contributed by atoms with van der Waals surface area (Å²) in [6, 6.07) is 3.94. The van der Waals surface area contributed by atoms with Crippen LogP contribution in [0, 0.1) is 12.7 Å². The van der Waals surface area contributed by atoms with Crippen LogP contribution in [0.3, 0.4) is 0 Å². The first kappa shape index (κ1) is 14.1. The van der Waals surface area contributed by atoms with Gasteiger partial charge in [-0.15, -0.1) is 0 Å². The van der Waals surface area contributed by atoms with Gasteiger partial charge in [0.15, 0.2) is 9.84 Å². The largest absolute Gasteiger partial charge is 0.350 e. The van der Waals surface area contributed by atoms with Crippen LogP contribution in [0.2, 0.25) is 0 Å². The average molecular weight is 310 g/mol. The van der Waals surface area contributed by atoms with Crippen molar-refractivity contribution < 1.29 is 17.6 Å². The summed E-state index contributed by atoms with van der Waals surface area (Å²) >= 11 is 0. The zero-order valence-electron chi connectivity index (χ0n) is 11.4. The van der Waals surface area contributed by atoms with Crippen molar-refractivity contribution >= 4 is 26.6 Å². The van der Waals surface area contributed by atoms with Crippen molar-refractivity contribution in [1.82, 2.24) is 10.3 Å². The molecule has 0 radical (unpaired) electrons. The number of hydrogen-bond acceptors (Lipinski definition) is 3. The second-order valence-electron chi connectivity index (χ2n) is 5.39. The smallest absolute Gasteiger partial charge is 0.268 e. The molecule has 1 aromatic carbocycles. The van der Waals surface area contributed by atoms with Crippen molar-refractivity contribution in [2.45, 2.75) is 19.4 Å². The van der Waals surface area contributed by atoms with Gasteiger partial charge in [-0.05, 0) is 37.1 Å². The summed E-state index contributed by atoms with van der Waals surface area (Å²) in [6.07, 6.45) is 0.433. The van der Waals surface area contributed by atoms with Crippen LogP contribution < -0.4 is 5.32 Å². The minimum Gasteiger partial charge on any atom is -0.350 e. The van der Waals surface area contributed by atoms with E-state index in [9.17, 15) is 17.6 Å². The fourth-order valence-corrected chi connectivity index (χ4v) is 4.38. The van der Waals surface area contributed by atoms with Crippen molar-refractivity contribution in [2.75, 3.05) is 11.5 Å². The van der Waals surface area contributed by atoms with Crippen LogP contribution in [0.4, 0.5) is 4.39 Å². The normalized spacial score (nSPS) is 20.8. The summed E-state index contributed by atoms with van der Waals surface area (Å²) < 4.78 is 36.0. The molecule has 21 heavy (non-hydrogen) atoms. The number of aryl methyl sites for hydroxylation is 1. The molecule has 1 unspecified atom stereocenters. The van der Waals surface area contributed by atoms with Crippen LogP contribution in [-0.2, 0) is 9.84 Å². The number of carbonyl (C=O) groups is 1. The molecule has 2 aromatic rings. The lowest BCUT2D eigenvalue weighted by Gasteiger charge is -2.10. The van der Waals surface area contributed by atoms with Gasteiger partial charge in [0.2, 0.25) is 0 Å². The third-order valence-corrected chi connectivity index (χ3v) is 5.58. The van der Waals surface area contributed by atoms with Crippen molar-refractivity contribution in [3.8, 4) is 0 Å². The molecule has 2 N–H and O–H groups in total. The second kappa shape index (κ2) is 4.84. The van der Waals surface area contributed by atoms with Gasteiger partial charge in [-0.2, -0.15) is 0 Å². The Morgan fingerprint density at radius 3 is 2.86 bits per heavy atom. The van der Waals surface area contributed by atoms with Crippen molar-refractivity contribution in [3.63, 3.8) is 0 Å². The van der Waals surface area contributed by atoms with Crippen LogP contribution in [0.15, 0.2) is 18.2 Å². The molecule has 1 aliphatic heterocycles. The molecule has 0 bridgehead atoms. The predicted octanol–water partition coefficient (Wildman–Crippen LogP) is 1.53. The molecule has 1 amide bonds. The highest BCUT2D eigenvalue weighted by molar-refractivity contribution is 7.91. The Morgan fingerprint density at radius 2 is 2.19 bits per heavy atom. The topological polar surface area (TPSA) is 79.0 Å². The number of nitrogens with one attached hydrogen (secondary N) is 2. The van der Waals surface area contributed by atoms with Crippen molar-refractivity contribution in [1.29, 1.82) is 0 Å². The van der Waals surface area contributed by atoms with E-state index < -0.39 is 9.84 Å². The third kappa shape index (κ3) is 2.65. The zero-order chi connectivity index (χ0) is 15.2. The van der Waals surface area contributed by atoms with E-state index in [0.29, 0.717) is 17.6 Å². The quantitative estimate of drug-likeness (QED) is 0.883. The second-order valence-corrected chi connectivity index (χ2v) is 7.62. The molecule has 5 nitrogen and oxygen atoms in total. The Balaban J connectivity index is 1.87. The third-order valence-electron chi connectivity index (χ3n) is 3.82. The van der Waals surface area contributed by atoms with Gasteiger partial charge in [-0.1, -0.05) is 0 Å². The first-order chi connectivity index (χ1) is 9.85. The van der Waals surface area contributed by atoms with Gasteiger partial charge in [0.1, 0.15) is 11.5 Å². The molecule has 1 aliphatic rings. The summed E-state index contributed by atoms with van der Waals surface area (Å²) in [5, 5.41) is 3.50. The number of H-pyrrole nitrogens is 1. The lowest BCUT2D eigenvalue weighted by molar-refractivity contribution is 0.0936. The summed E-state index contributed by atoms with van der Waals surface area (Å²) in [4.78, 5) is 15.2. The summed E-state index contributed by atoms with van der Waals surface area (Å²) in [6.45, 7) is 1.77. The Morgan fingerprint density at radius 1 is 1.43 bits per heavy atom. The highest BCUT2D eigenvalue weighted by Crippen LogP contribution is 2.23. The minimum absolute atomic E-state index is 0.0212. The number of sulfone groups is 1. The van der Waals surface area contributed by atoms with Crippen LogP contribution in [0.1, 0.15) is 22.5 Å². The van der Waals surface area contributed by atoms with Crippen LogP contribution in [0.5, 0.6) is 0 Å². The molecule has 2 heterocycles. The highest BCUT2D eigenvalue weighted by atomic mass is 32.2. The number of carbonyl (C=O) groups excluding carboxylic acids is 1. The van der Waals surface area contributed by atoms with Crippen LogP contribution >= 0.6 is 0 Å². The van der Waals surface area contributed by atoms with E-state index in [0.717, 1.165) is 10.9 Å². The van der Waals surface area contributed by atoms with Crippen LogP contribution in [0.25, 0.3) is 10.9 Å². The maximum Gasteiger partial charge on any atom is 0.268 e. The molecule has 1 saturated heterocycles.